The van der Waals surface area contributed by atoms with Gasteiger partial charge in [0.15, 0.2) is 0 Å². The Morgan fingerprint density at radius 3 is 2.71 bits per heavy atom. The lowest BCUT2D eigenvalue weighted by Gasteiger charge is -2.14. The number of carbonyl (C=O) groups excluding carboxylic acids is 1. The van der Waals surface area contributed by atoms with Crippen molar-refractivity contribution in [3.8, 4) is 0 Å². The van der Waals surface area contributed by atoms with Gasteiger partial charge < -0.3 is 10.1 Å². The zero-order valence-electron chi connectivity index (χ0n) is 12.2. The first-order valence-electron chi connectivity index (χ1n) is 6.83. The van der Waals surface area contributed by atoms with Gasteiger partial charge in [0.2, 0.25) is 10.0 Å². The number of sulfonamides is 1. The Bertz CT molecular complexity index is 649. The van der Waals surface area contributed by atoms with Gasteiger partial charge in [-0.2, -0.15) is 0 Å². The van der Waals surface area contributed by atoms with E-state index in [1.807, 2.05) is 0 Å². The molecule has 0 saturated carbocycles. The van der Waals surface area contributed by atoms with E-state index in [1.54, 1.807) is 13.8 Å². The largest absolute Gasteiger partial charge is 0.376 e. The summed E-state index contributed by atoms with van der Waals surface area (Å²) in [6, 6.07) is 2.80. The lowest BCUT2D eigenvalue weighted by molar-refractivity contribution is 0.0857. The van der Waals surface area contributed by atoms with Crippen molar-refractivity contribution < 1.29 is 17.9 Å². The molecule has 0 radical (unpaired) electrons. The topological polar surface area (TPSA) is 98.5 Å². The van der Waals surface area contributed by atoms with E-state index >= 15 is 0 Å². The molecule has 116 valence electrons. The third-order valence-corrected chi connectivity index (χ3v) is 4.62. The van der Waals surface area contributed by atoms with Crippen LogP contribution in [-0.4, -0.2) is 33.6 Å². The van der Waals surface area contributed by atoms with Crippen LogP contribution < -0.4 is 10.5 Å². The Kier molecular flexibility index (Phi) is 4.65. The Labute approximate surface area is 124 Å². The monoisotopic (exact) mass is 312 g/mol. The predicted molar refractivity (Wildman–Crippen MR) is 78.6 cm³/mol. The van der Waals surface area contributed by atoms with Crippen molar-refractivity contribution in [2.24, 2.45) is 5.14 Å². The van der Waals surface area contributed by atoms with Crippen molar-refractivity contribution in [1.82, 2.24) is 5.32 Å². The van der Waals surface area contributed by atoms with Crippen LogP contribution in [0.1, 0.15) is 34.3 Å². The van der Waals surface area contributed by atoms with Gasteiger partial charge in [-0.05, 0) is 49.9 Å². The van der Waals surface area contributed by atoms with Crippen molar-refractivity contribution in [2.75, 3.05) is 13.2 Å². The summed E-state index contributed by atoms with van der Waals surface area (Å²) >= 11 is 0. The molecule has 6 nitrogen and oxygen atoms in total. The molecule has 1 aliphatic rings. The quantitative estimate of drug-likeness (QED) is 0.861. The molecule has 0 bridgehead atoms. The number of amides is 1. The van der Waals surface area contributed by atoms with Crippen LogP contribution in [0.15, 0.2) is 17.0 Å². The molecule has 2 rings (SSSR count). The molecule has 1 aromatic rings. The Hall–Kier alpha value is -1.44. The Balaban J connectivity index is 2.21. The molecule has 1 heterocycles. The first-order valence-corrected chi connectivity index (χ1v) is 8.37. The molecular weight excluding hydrogens is 292 g/mol. The summed E-state index contributed by atoms with van der Waals surface area (Å²) in [6.07, 6.45) is 1.96. The van der Waals surface area contributed by atoms with Crippen LogP contribution >= 0.6 is 0 Å². The number of primary sulfonamides is 1. The van der Waals surface area contributed by atoms with Gasteiger partial charge in [-0.1, -0.05) is 0 Å². The minimum absolute atomic E-state index is 0.0387. The zero-order valence-corrected chi connectivity index (χ0v) is 13.0. The lowest BCUT2D eigenvalue weighted by Crippen LogP contribution is -2.32. The Morgan fingerprint density at radius 1 is 1.43 bits per heavy atom. The number of nitrogens with two attached hydrogens (primary N) is 1. The first kappa shape index (κ1) is 15.9. The van der Waals surface area contributed by atoms with Crippen molar-refractivity contribution in [2.45, 2.75) is 37.7 Å². The van der Waals surface area contributed by atoms with Gasteiger partial charge in [-0.15, -0.1) is 0 Å². The van der Waals surface area contributed by atoms with Gasteiger partial charge in [0, 0.05) is 18.7 Å². The molecule has 0 aliphatic carbocycles. The summed E-state index contributed by atoms with van der Waals surface area (Å²) in [5.74, 6) is -0.309. The van der Waals surface area contributed by atoms with Crippen molar-refractivity contribution in [1.29, 1.82) is 0 Å². The van der Waals surface area contributed by atoms with Gasteiger partial charge in [0.25, 0.3) is 5.91 Å². The number of hydrogen-bond donors (Lipinski definition) is 2. The van der Waals surface area contributed by atoms with Gasteiger partial charge in [-0.25, -0.2) is 13.6 Å². The molecule has 0 spiro atoms. The minimum Gasteiger partial charge on any atom is -0.376 e. The summed E-state index contributed by atoms with van der Waals surface area (Å²) in [7, 11) is -3.83. The molecule has 21 heavy (non-hydrogen) atoms. The second-order valence-corrected chi connectivity index (χ2v) is 6.86. The molecule has 1 aliphatic heterocycles. The van der Waals surface area contributed by atoms with Crippen molar-refractivity contribution >= 4 is 15.9 Å². The van der Waals surface area contributed by atoms with Crippen LogP contribution in [0.25, 0.3) is 0 Å². The highest BCUT2D eigenvalue weighted by molar-refractivity contribution is 7.89. The van der Waals surface area contributed by atoms with Gasteiger partial charge in [0.05, 0.1) is 11.0 Å². The lowest BCUT2D eigenvalue weighted by atomic mass is 10.0. The van der Waals surface area contributed by atoms with E-state index in [9.17, 15) is 13.2 Å². The van der Waals surface area contributed by atoms with Gasteiger partial charge in [-0.3, -0.25) is 4.79 Å². The average molecular weight is 312 g/mol. The van der Waals surface area contributed by atoms with Crippen LogP contribution in [0.5, 0.6) is 0 Å². The number of carbonyl (C=O) groups is 1. The normalized spacial score (nSPS) is 18.7. The average Bonchev–Trinajstić information content (AvgIpc) is 2.91. The molecule has 1 unspecified atom stereocenters. The van der Waals surface area contributed by atoms with Crippen molar-refractivity contribution in [3.63, 3.8) is 0 Å². The number of aryl methyl sites for hydroxylation is 1. The fourth-order valence-electron chi connectivity index (χ4n) is 2.33. The van der Waals surface area contributed by atoms with Gasteiger partial charge >= 0.3 is 0 Å². The fraction of sp³-hybridized carbons (Fsp3) is 0.500. The number of benzene rings is 1. The minimum atomic E-state index is -3.83. The molecule has 3 N–H and O–H groups in total. The summed E-state index contributed by atoms with van der Waals surface area (Å²) in [5, 5.41) is 7.93. The van der Waals surface area contributed by atoms with Crippen LogP contribution in [0.2, 0.25) is 0 Å². The van der Waals surface area contributed by atoms with Crippen molar-refractivity contribution in [3.05, 3.63) is 28.8 Å². The maximum Gasteiger partial charge on any atom is 0.251 e. The predicted octanol–water partition coefficient (Wildman–Crippen LogP) is 0.860. The highest BCUT2D eigenvalue weighted by Gasteiger charge is 2.20. The number of nitrogens with one attached hydrogen (secondary N) is 1. The van der Waals surface area contributed by atoms with Crippen LogP contribution in [0.4, 0.5) is 0 Å². The molecule has 1 amide bonds. The Morgan fingerprint density at radius 2 is 2.14 bits per heavy atom. The highest BCUT2D eigenvalue weighted by Crippen LogP contribution is 2.19. The number of hydrogen-bond acceptors (Lipinski definition) is 4. The standard InChI is InChI=1S/C14H20N2O4S/c1-9-6-12(21(15,18)19)7-13(10(9)2)14(17)16-8-11-4-3-5-20-11/h6-7,11H,3-5,8H2,1-2H3,(H,16,17)(H2,15,18,19). The molecule has 0 aromatic heterocycles. The second-order valence-electron chi connectivity index (χ2n) is 5.30. The SMILES string of the molecule is Cc1cc(S(N)(=O)=O)cc(C(=O)NCC2CCCO2)c1C. The number of rotatable bonds is 4. The molecule has 1 aromatic carbocycles. The third kappa shape index (κ3) is 3.81. The van der Waals surface area contributed by atoms with E-state index in [1.165, 1.54) is 12.1 Å². The summed E-state index contributed by atoms with van der Waals surface area (Å²) in [4.78, 5) is 12.2. The third-order valence-electron chi connectivity index (χ3n) is 3.73. The van der Waals surface area contributed by atoms with Gasteiger partial charge in [0.1, 0.15) is 0 Å². The maximum absolute atomic E-state index is 12.3. The van der Waals surface area contributed by atoms with E-state index in [4.69, 9.17) is 9.88 Å². The molecular formula is C14H20N2O4S. The van der Waals surface area contributed by atoms with Crippen LogP contribution in [-0.2, 0) is 14.8 Å². The number of ether oxygens (including phenoxy) is 1. The highest BCUT2D eigenvalue weighted by atomic mass is 32.2. The van der Waals surface area contributed by atoms with E-state index < -0.39 is 10.0 Å². The first-order chi connectivity index (χ1) is 9.79. The fourth-order valence-corrected chi connectivity index (χ4v) is 2.96. The van der Waals surface area contributed by atoms with Crippen LogP contribution in [0, 0.1) is 13.8 Å². The second kappa shape index (κ2) is 6.13. The zero-order chi connectivity index (χ0) is 15.6. The van der Waals surface area contributed by atoms with E-state index in [0.717, 1.165) is 25.0 Å². The molecule has 1 saturated heterocycles. The molecule has 1 fully saturated rings. The summed E-state index contributed by atoms with van der Waals surface area (Å²) in [6.45, 7) is 4.68. The molecule has 7 heteroatoms. The van der Waals surface area contributed by atoms with E-state index in [-0.39, 0.29) is 16.9 Å². The summed E-state index contributed by atoms with van der Waals surface area (Å²) < 4.78 is 28.4. The smallest absolute Gasteiger partial charge is 0.251 e. The van der Waals surface area contributed by atoms with E-state index in [2.05, 4.69) is 5.32 Å². The maximum atomic E-state index is 12.3. The molecule has 1 atom stereocenters. The summed E-state index contributed by atoms with van der Waals surface area (Å²) in [5.41, 5.74) is 1.79. The van der Waals surface area contributed by atoms with Crippen LogP contribution in [0.3, 0.4) is 0 Å². The van der Waals surface area contributed by atoms with E-state index in [0.29, 0.717) is 17.7 Å².